The molecule has 0 bridgehead atoms. The van der Waals surface area contributed by atoms with Gasteiger partial charge >= 0.3 is 0 Å². The molecule has 26 heavy (non-hydrogen) atoms. The maximum Gasteiger partial charge on any atom is 0.239 e. The van der Waals surface area contributed by atoms with Gasteiger partial charge in [-0.05, 0) is 25.1 Å². The molecular weight excluding hydrogens is 372 g/mol. The molecule has 3 rings (SSSR count). The van der Waals surface area contributed by atoms with Crippen LogP contribution in [0.4, 0.5) is 0 Å². The van der Waals surface area contributed by atoms with Crippen LogP contribution in [0.5, 0.6) is 0 Å². The van der Waals surface area contributed by atoms with Crippen LogP contribution in [0.3, 0.4) is 0 Å². The molecule has 0 fully saturated rings. The lowest BCUT2D eigenvalue weighted by molar-refractivity contribution is 0.186. The number of nitrogens with zero attached hydrogens (tertiary/aromatic N) is 4. The van der Waals surface area contributed by atoms with Crippen LogP contribution in [0.1, 0.15) is 44.7 Å². The summed E-state index contributed by atoms with van der Waals surface area (Å²) in [4.78, 5) is 9.30. The maximum atomic E-state index is 6.12. The summed E-state index contributed by atoms with van der Waals surface area (Å²) < 4.78 is 12.9. The molecule has 0 saturated carbocycles. The van der Waals surface area contributed by atoms with Gasteiger partial charge in [0.25, 0.3) is 0 Å². The summed E-state index contributed by atoms with van der Waals surface area (Å²) in [6, 6.07) is 5.74. The molecule has 0 aliphatic carbocycles. The minimum Gasteiger partial charge on any atom is -0.383 e. The molecule has 0 spiro atoms. The zero-order valence-electron chi connectivity index (χ0n) is 15.6. The van der Waals surface area contributed by atoms with E-state index in [-0.39, 0.29) is 10.7 Å². The number of hydrogen-bond donors (Lipinski definition) is 0. The van der Waals surface area contributed by atoms with E-state index < -0.39 is 0 Å². The van der Waals surface area contributed by atoms with E-state index in [4.69, 9.17) is 25.8 Å². The van der Waals surface area contributed by atoms with E-state index in [2.05, 4.69) is 35.5 Å². The number of hydrogen-bond acceptors (Lipinski definition) is 6. The lowest BCUT2D eigenvalue weighted by atomic mass is 9.96. The van der Waals surface area contributed by atoms with Gasteiger partial charge in [0.2, 0.25) is 5.89 Å². The Morgan fingerprint density at radius 1 is 1.31 bits per heavy atom. The highest BCUT2D eigenvalue weighted by Crippen LogP contribution is 2.36. The van der Waals surface area contributed by atoms with Crippen molar-refractivity contribution in [3.05, 3.63) is 34.9 Å². The van der Waals surface area contributed by atoms with E-state index in [1.807, 2.05) is 25.1 Å². The van der Waals surface area contributed by atoms with Crippen molar-refractivity contribution in [1.82, 2.24) is 19.7 Å². The number of thioether (sulfide) groups is 1. The monoisotopic (exact) mass is 394 g/mol. The van der Waals surface area contributed by atoms with E-state index in [0.29, 0.717) is 29.9 Å². The molecule has 3 aromatic rings. The zero-order chi connectivity index (χ0) is 18.9. The van der Waals surface area contributed by atoms with Crippen LogP contribution >= 0.6 is 23.4 Å². The van der Waals surface area contributed by atoms with Gasteiger partial charge < -0.3 is 13.8 Å². The number of imidazole rings is 1. The van der Waals surface area contributed by atoms with Crippen molar-refractivity contribution in [2.45, 2.75) is 50.1 Å². The maximum absolute atomic E-state index is 6.12. The number of halogens is 1. The number of benzene rings is 1. The first kappa shape index (κ1) is 19.2. The minimum atomic E-state index is -0.144. The van der Waals surface area contributed by atoms with Gasteiger partial charge in [-0.2, -0.15) is 4.98 Å². The number of aromatic nitrogens is 4. The summed E-state index contributed by atoms with van der Waals surface area (Å²) in [6.07, 6.45) is 0. The number of ether oxygens (including phenoxy) is 1. The summed E-state index contributed by atoms with van der Waals surface area (Å²) in [6.45, 7) is 9.54. The van der Waals surface area contributed by atoms with Crippen LogP contribution in [-0.4, -0.2) is 33.4 Å². The fraction of sp³-hybridized carbons (Fsp3) is 0.500. The molecule has 0 aliphatic heterocycles. The molecule has 0 amide bonds. The fourth-order valence-corrected chi connectivity index (χ4v) is 3.63. The molecule has 140 valence electrons. The molecule has 0 unspecified atom stereocenters. The Morgan fingerprint density at radius 2 is 2.08 bits per heavy atom. The third-order valence-electron chi connectivity index (χ3n) is 3.94. The Kier molecular flexibility index (Phi) is 5.60. The zero-order valence-corrected chi connectivity index (χ0v) is 17.2. The third kappa shape index (κ3) is 4.05. The molecular formula is C18H23ClN4O2S. The van der Waals surface area contributed by atoms with Crippen molar-refractivity contribution in [1.29, 1.82) is 0 Å². The normalized spacial score (nSPS) is 13.5. The van der Waals surface area contributed by atoms with Crippen LogP contribution < -0.4 is 0 Å². The number of rotatable bonds is 6. The molecule has 0 radical (unpaired) electrons. The standard InChI is InChI=1S/C18H23ClN4O2S/c1-11(15-21-16(22-25-15)18(2,3)4)26-17-20-13-10-12(19)6-7-14(13)23(17)8-9-24-5/h6-7,10-11H,8-9H2,1-5H3/t11-/m1/s1. The molecule has 2 aromatic heterocycles. The summed E-state index contributed by atoms with van der Waals surface area (Å²) in [5, 5.41) is 5.64. The minimum absolute atomic E-state index is 0.0211. The van der Waals surface area contributed by atoms with E-state index in [0.717, 1.165) is 16.2 Å². The topological polar surface area (TPSA) is 66.0 Å². The Labute approximate surface area is 162 Å². The first-order valence-electron chi connectivity index (χ1n) is 8.45. The predicted molar refractivity (Wildman–Crippen MR) is 104 cm³/mol. The average Bonchev–Trinajstić information content (AvgIpc) is 3.17. The van der Waals surface area contributed by atoms with E-state index in [1.54, 1.807) is 18.9 Å². The third-order valence-corrected chi connectivity index (χ3v) is 5.25. The van der Waals surface area contributed by atoms with Gasteiger partial charge in [0.1, 0.15) is 0 Å². The highest BCUT2D eigenvalue weighted by molar-refractivity contribution is 7.99. The van der Waals surface area contributed by atoms with Crippen molar-refractivity contribution < 1.29 is 9.26 Å². The molecule has 2 heterocycles. The van der Waals surface area contributed by atoms with Crippen molar-refractivity contribution in [2.75, 3.05) is 13.7 Å². The Hall–Kier alpha value is -1.57. The van der Waals surface area contributed by atoms with Crippen LogP contribution in [0.2, 0.25) is 5.02 Å². The Balaban J connectivity index is 1.90. The van der Waals surface area contributed by atoms with Crippen LogP contribution in [0.25, 0.3) is 11.0 Å². The molecule has 0 N–H and O–H groups in total. The second kappa shape index (κ2) is 7.58. The van der Waals surface area contributed by atoms with E-state index in [9.17, 15) is 0 Å². The Morgan fingerprint density at radius 3 is 2.73 bits per heavy atom. The van der Waals surface area contributed by atoms with Gasteiger partial charge in [0.15, 0.2) is 11.0 Å². The number of methoxy groups -OCH3 is 1. The molecule has 0 aliphatic rings. The van der Waals surface area contributed by atoms with Crippen molar-refractivity contribution in [3.8, 4) is 0 Å². The second-order valence-electron chi connectivity index (χ2n) is 7.14. The first-order chi connectivity index (χ1) is 12.3. The SMILES string of the molecule is COCCn1c(S[C@H](C)c2nc(C(C)(C)C)no2)nc2cc(Cl)ccc21. The highest BCUT2D eigenvalue weighted by Gasteiger charge is 2.25. The smallest absolute Gasteiger partial charge is 0.239 e. The Bertz CT molecular complexity index is 900. The van der Waals surface area contributed by atoms with Gasteiger partial charge in [-0.3, -0.25) is 0 Å². The molecule has 1 atom stereocenters. The van der Waals surface area contributed by atoms with Crippen LogP contribution in [-0.2, 0) is 16.7 Å². The van der Waals surface area contributed by atoms with Gasteiger partial charge in [-0.1, -0.05) is 49.3 Å². The average molecular weight is 395 g/mol. The lowest BCUT2D eigenvalue weighted by Crippen LogP contribution is -2.13. The summed E-state index contributed by atoms with van der Waals surface area (Å²) >= 11 is 7.70. The highest BCUT2D eigenvalue weighted by atomic mass is 35.5. The summed E-state index contributed by atoms with van der Waals surface area (Å²) in [5.74, 6) is 1.31. The van der Waals surface area contributed by atoms with E-state index >= 15 is 0 Å². The number of fused-ring (bicyclic) bond motifs is 1. The van der Waals surface area contributed by atoms with Crippen molar-refractivity contribution >= 4 is 34.4 Å². The van der Waals surface area contributed by atoms with Gasteiger partial charge in [0, 0.05) is 24.1 Å². The van der Waals surface area contributed by atoms with Crippen LogP contribution in [0.15, 0.2) is 27.9 Å². The molecule has 6 nitrogen and oxygen atoms in total. The van der Waals surface area contributed by atoms with Gasteiger partial charge in [-0.25, -0.2) is 4.98 Å². The fourth-order valence-electron chi connectivity index (χ4n) is 2.48. The van der Waals surface area contributed by atoms with Crippen molar-refractivity contribution in [3.63, 3.8) is 0 Å². The predicted octanol–water partition coefficient (Wildman–Crippen LogP) is 4.87. The van der Waals surface area contributed by atoms with Crippen molar-refractivity contribution in [2.24, 2.45) is 0 Å². The largest absolute Gasteiger partial charge is 0.383 e. The van der Waals surface area contributed by atoms with E-state index in [1.165, 1.54) is 0 Å². The lowest BCUT2D eigenvalue weighted by Gasteiger charge is -2.12. The molecule has 1 aromatic carbocycles. The second-order valence-corrected chi connectivity index (χ2v) is 8.88. The molecule has 8 heteroatoms. The molecule has 0 saturated heterocycles. The quantitative estimate of drug-likeness (QED) is 0.555. The van der Waals surface area contributed by atoms with Gasteiger partial charge in [-0.15, -0.1) is 0 Å². The van der Waals surface area contributed by atoms with Gasteiger partial charge in [0.05, 0.1) is 22.9 Å². The van der Waals surface area contributed by atoms with Crippen LogP contribution in [0, 0.1) is 0 Å². The summed E-state index contributed by atoms with van der Waals surface area (Å²) in [5.41, 5.74) is 1.75. The summed E-state index contributed by atoms with van der Waals surface area (Å²) in [7, 11) is 1.69. The first-order valence-corrected chi connectivity index (χ1v) is 9.71.